The summed E-state index contributed by atoms with van der Waals surface area (Å²) in [5.74, 6) is 1.96. The van der Waals surface area contributed by atoms with Gasteiger partial charge in [0, 0.05) is 12.7 Å². The van der Waals surface area contributed by atoms with Crippen LogP contribution in [0.3, 0.4) is 0 Å². The number of nitrogens with one attached hydrogen (secondary N) is 2. The van der Waals surface area contributed by atoms with Crippen LogP contribution >= 0.6 is 23.2 Å². The van der Waals surface area contributed by atoms with Crippen molar-refractivity contribution in [2.24, 2.45) is 0 Å². The highest BCUT2D eigenvalue weighted by Crippen LogP contribution is 2.31. The Bertz CT molecular complexity index is 856. The van der Waals surface area contributed by atoms with Crippen LogP contribution in [0.5, 0.6) is 5.75 Å². The molecule has 0 radical (unpaired) electrons. The zero-order valence-electron chi connectivity index (χ0n) is 13.5. The Labute approximate surface area is 156 Å². The summed E-state index contributed by atoms with van der Waals surface area (Å²) in [4.78, 5) is 8.63. The normalized spacial score (nSPS) is 10.4. The third kappa shape index (κ3) is 4.53. The Morgan fingerprint density at radius 3 is 2.60 bits per heavy atom. The van der Waals surface area contributed by atoms with Crippen molar-refractivity contribution in [1.82, 2.24) is 9.97 Å². The number of rotatable bonds is 6. The van der Waals surface area contributed by atoms with Crippen LogP contribution in [0.4, 0.5) is 17.5 Å². The third-order valence-electron chi connectivity index (χ3n) is 3.49. The maximum Gasteiger partial charge on any atom is 0.229 e. The molecule has 0 aliphatic rings. The van der Waals surface area contributed by atoms with E-state index in [-0.39, 0.29) is 0 Å². The summed E-state index contributed by atoms with van der Waals surface area (Å²) in [6, 6.07) is 15.0. The Balaban J connectivity index is 1.67. The van der Waals surface area contributed by atoms with Gasteiger partial charge in [0.2, 0.25) is 5.95 Å². The third-order valence-corrected chi connectivity index (χ3v) is 4.31. The Morgan fingerprint density at radius 2 is 1.84 bits per heavy atom. The number of methoxy groups -OCH3 is 1. The number of nitrogens with zero attached hydrogens (tertiary/aromatic N) is 2. The van der Waals surface area contributed by atoms with Gasteiger partial charge in [0.1, 0.15) is 11.6 Å². The lowest BCUT2D eigenvalue weighted by Gasteiger charge is -2.10. The molecule has 3 rings (SSSR count). The lowest BCUT2D eigenvalue weighted by Crippen LogP contribution is -2.04. The predicted octanol–water partition coefficient (Wildman–Crippen LogP) is 5.15. The highest BCUT2D eigenvalue weighted by Gasteiger charge is 2.06. The molecule has 0 saturated carbocycles. The average molecular weight is 375 g/mol. The first-order chi connectivity index (χ1) is 12.2. The van der Waals surface area contributed by atoms with Crippen LogP contribution in [0.25, 0.3) is 0 Å². The lowest BCUT2D eigenvalue weighted by atomic mass is 10.2. The first-order valence-electron chi connectivity index (χ1n) is 7.56. The summed E-state index contributed by atoms with van der Waals surface area (Å²) < 4.78 is 5.15. The molecule has 25 heavy (non-hydrogen) atoms. The van der Waals surface area contributed by atoms with Crippen molar-refractivity contribution in [3.63, 3.8) is 0 Å². The van der Waals surface area contributed by atoms with E-state index in [4.69, 9.17) is 27.9 Å². The second-order valence-corrected chi connectivity index (χ2v) is 5.98. The minimum atomic E-state index is 0.434. The summed E-state index contributed by atoms with van der Waals surface area (Å²) in [6.07, 6.45) is 1.67. The highest BCUT2D eigenvalue weighted by atomic mass is 35.5. The number of aromatic nitrogens is 2. The minimum Gasteiger partial charge on any atom is -0.497 e. The molecule has 2 N–H and O–H groups in total. The van der Waals surface area contributed by atoms with E-state index in [0.717, 1.165) is 11.3 Å². The molecule has 1 heterocycles. The number of benzene rings is 2. The molecule has 0 spiro atoms. The molecule has 5 nitrogen and oxygen atoms in total. The molecule has 2 aromatic carbocycles. The van der Waals surface area contributed by atoms with Gasteiger partial charge in [-0.15, -0.1) is 0 Å². The van der Waals surface area contributed by atoms with Gasteiger partial charge in [-0.25, -0.2) is 4.98 Å². The van der Waals surface area contributed by atoms with E-state index in [1.54, 1.807) is 25.4 Å². The summed E-state index contributed by atoms with van der Waals surface area (Å²) in [5, 5.41) is 7.24. The molecule has 3 aromatic rings. The van der Waals surface area contributed by atoms with Gasteiger partial charge in [0.05, 0.1) is 22.8 Å². The zero-order valence-corrected chi connectivity index (χ0v) is 15.0. The fraction of sp³-hybridized carbons (Fsp3) is 0.111. The maximum absolute atomic E-state index is 6.17. The topological polar surface area (TPSA) is 59.1 Å². The summed E-state index contributed by atoms with van der Waals surface area (Å²) in [6.45, 7) is 0.637. The van der Waals surface area contributed by atoms with Crippen LogP contribution in [0.1, 0.15) is 5.56 Å². The number of hydrogen-bond acceptors (Lipinski definition) is 5. The average Bonchev–Trinajstić information content (AvgIpc) is 2.64. The van der Waals surface area contributed by atoms with Crippen molar-refractivity contribution in [3.05, 3.63) is 70.3 Å². The monoisotopic (exact) mass is 374 g/mol. The number of hydrogen-bond donors (Lipinski definition) is 2. The van der Waals surface area contributed by atoms with Gasteiger partial charge in [-0.3, -0.25) is 0 Å². The van der Waals surface area contributed by atoms with Crippen molar-refractivity contribution in [3.8, 4) is 5.75 Å². The van der Waals surface area contributed by atoms with Gasteiger partial charge >= 0.3 is 0 Å². The zero-order chi connectivity index (χ0) is 17.6. The molecular weight excluding hydrogens is 359 g/mol. The van der Waals surface area contributed by atoms with Crippen LogP contribution < -0.4 is 15.4 Å². The maximum atomic E-state index is 6.17. The molecule has 0 saturated heterocycles. The van der Waals surface area contributed by atoms with Crippen molar-refractivity contribution >= 4 is 40.7 Å². The summed E-state index contributed by atoms with van der Waals surface area (Å²) in [5.41, 5.74) is 1.77. The van der Waals surface area contributed by atoms with Gasteiger partial charge < -0.3 is 15.4 Å². The number of halogens is 2. The molecule has 7 heteroatoms. The van der Waals surface area contributed by atoms with E-state index >= 15 is 0 Å². The lowest BCUT2D eigenvalue weighted by molar-refractivity contribution is 0.414. The van der Waals surface area contributed by atoms with Crippen molar-refractivity contribution in [2.75, 3.05) is 17.7 Å². The molecule has 0 amide bonds. The quantitative estimate of drug-likeness (QED) is 0.624. The van der Waals surface area contributed by atoms with Crippen molar-refractivity contribution in [2.45, 2.75) is 6.54 Å². The van der Waals surface area contributed by atoms with Gasteiger partial charge in [-0.2, -0.15) is 4.98 Å². The van der Waals surface area contributed by atoms with Crippen molar-refractivity contribution in [1.29, 1.82) is 0 Å². The van der Waals surface area contributed by atoms with Gasteiger partial charge in [-0.1, -0.05) is 41.4 Å². The van der Waals surface area contributed by atoms with Crippen LogP contribution in [-0.2, 0) is 6.54 Å². The first-order valence-corrected chi connectivity index (χ1v) is 8.32. The fourth-order valence-corrected chi connectivity index (χ4v) is 2.52. The minimum absolute atomic E-state index is 0.434. The van der Waals surface area contributed by atoms with Crippen molar-refractivity contribution < 1.29 is 4.74 Å². The molecule has 128 valence electrons. The second-order valence-electron chi connectivity index (χ2n) is 5.19. The van der Waals surface area contributed by atoms with E-state index < -0.39 is 0 Å². The van der Waals surface area contributed by atoms with Crippen LogP contribution in [-0.4, -0.2) is 17.1 Å². The Hall–Kier alpha value is -2.50. The van der Waals surface area contributed by atoms with Gasteiger partial charge in [0.25, 0.3) is 0 Å². The van der Waals surface area contributed by atoms with E-state index in [1.807, 2.05) is 36.4 Å². The molecule has 0 aliphatic carbocycles. The van der Waals surface area contributed by atoms with Gasteiger partial charge in [-0.05, 0) is 35.9 Å². The number of ether oxygens (including phenoxy) is 1. The second kappa shape index (κ2) is 8.05. The highest BCUT2D eigenvalue weighted by molar-refractivity contribution is 6.43. The molecule has 0 atom stereocenters. The molecule has 0 unspecified atom stereocenters. The van der Waals surface area contributed by atoms with E-state index in [2.05, 4.69) is 20.6 Å². The fourth-order valence-electron chi connectivity index (χ4n) is 2.17. The Morgan fingerprint density at radius 1 is 1.04 bits per heavy atom. The van der Waals surface area contributed by atoms with Crippen LogP contribution in [0, 0.1) is 0 Å². The van der Waals surface area contributed by atoms with Gasteiger partial charge in [0.15, 0.2) is 0 Å². The van der Waals surface area contributed by atoms with E-state index in [9.17, 15) is 0 Å². The standard InChI is InChI=1S/C18H16Cl2N4O/c1-25-13-7-5-12(6-8-13)11-22-16-9-10-21-18(24-16)23-15-4-2-3-14(19)17(15)20/h2-10H,11H2,1H3,(H2,21,22,23,24). The largest absolute Gasteiger partial charge is 0.497 e. The predicted molar refractivity (Wildman–Crippen MR) is 102 cm³/mol. The van der Waals surface area contributed by atoms with Crippen LogP contribution in [0.15, 0.2) is 54.7 Å². The SMILES string of the molecule is COc1ccc(CNc2ccnc(Nc3cccc(Cl)c3Cl)n2)cc1. The smallest absolute Gasteiger partial charge is 0.229 e. The van der Waals surface area contributed by atoms with E-state index in [0.29, 0.717) is 34.0 Å². The Kier molecular flexibility index (Phi) is 5.58. The summed E-state index contributed by atoms with van der Waals surface area (Å²) in [7, 11) is 1.65. The molecule has 0 bridgehead atoms. The molecular formula is C18H16Cl2N4O. The van der Waals surface area contributed by atoms with E-state index in [1.165, 1.54) is 0 Å². The first kappa shape index (κ1) is 17.3. The van der Waals surface area contributed by atoms with Crippen LogP contribution in [0.2, 0.25) is 10.0 Å². The molecule has 1 aromatic heterocycles. The summed E-state index contributed by atoms with van der Waals surface area (Å²) >= 11 is 12.2. The molecule has 0 aliphatic heterocycles. The number of anilines is 3. The molecule has 0 fully saturated rings.